The second-order valence-corrected chi connectivity index (χ2v) is 10.00. The maximum absolute atomic E-state index is 12.6. The molecule has 10 nitrogen and oxygen atoms in total. The minimum atomic E-state index is 0.0599. The normalized spacial score (nSPS) is 13.7. The number of hydrogen-bond acceptors (Lipinski definition) is 7. The van der Waals surface area contributed by atoms with Crippen molar-refractivity contribution in [3.05, 3.63) is 67.3 Å². The molecular formula is C30H26N8O2. The van der Waals surface area contributed by atoms with Gasteiger partial charge in [0.1, 0.15) is 11.3 Å². The number of carbonyl (C=O) groups is 1. The zero-order valence-electron chi connectivity index (χ0n) is 21.8. The molecule has 1 aliphatic carbocycles. The van der Waals surface area contributed by atoms with E-state index in [1.54, 1.807) is 31.9 Å². The van der Waals surface area contributed by atoms with E-state index in [0.717, 1.165) is 70.4 Å². The average molecular weight is 531 g/mol. The highest BCUT2D eigenvalue weighted by Gasteiger charge is 2.23. The van der Waals surface area contributed by atoms with Crippen molar-refractivity contribution in [1.82, 2.24) is 35.1 Å². The van der Waals surface area contributed by atoms with E-state index in [2.05, 4.69) is 30.5 Å². The Kier molecular flexibility index (Phi) is 5.92. The molecule has 3 N–H and O–H groups in total. The first-order valence-electron chi connectivity index (χ1n) is 13.3. The van der Waals surface area contributed by atoms with E-state index in [4.69, 9.17) is 14.7 Å². The number of aromatic amines is 2. The Hall–Kier alpha value is -5.12. The predicted octanol–water partition coefficient (Wildman–Crippen LogP) is 5.76. The molecule has 1 saturated carbocycles. The Morgan fingerprint density at radius 1 is 0.925 bits per heavy atom. The molecule has 5 heterocycles. The maximum Gasteiger partial charge on any atom is 0.227 e. The maximum atomic E-state index is 12.6. The van der Waals surface area contributed by atoms with Crippen molar-refractivity contribution in [1.29, 1.82) is 0 Å². The molecule has 1 aliphatic rings. The van der Waals surface area contributed by atoms with Crippen LogP contribution in [0.5, 0.6) is 5.75 Å². The van der Waals surface area contributed by atoms with Crippen LogP contribution in [0.15, 0.2) is 67.3 Å². The van der Waals surface area contributed by atoms with Crippen LogP contribution in [0.4, 0.5) is 5.69 Å². The lowest BCUT2D eigenvalue weighted by molar-refractivity contribution is -0.119. The number of amides is 1. The molecule has 0 atom stereocenters. The second kappa shape index (κ2) is 9.88. The summed E-state index contributed by atoms with van der Waals surface area (Å²) in [6.45, 7) is 0. The van der Waals surface area contributed by atoms with Gasteiger partial charge in [-0.2, -0.15) is 5.10 Å². The summed E-state index contributed by atoms with van der Waals surface area (Å²) in [5.41, 5.74) is 7.64. The highest BCUT2D eigenvalue weighted by Crippen LogP contribution is 2.33. The minimum absolute atomic E-state index is 0.0599. The molecule has 0 unspecified atom stereocenters. The molecule has 40 heavy (non-hydrogen) atoms. The summed E-state index contributed by atoms with van der Waals surface area (Å²) in [4.78, 5) is 34.6. The Balaban J connectivity index is 1.24. The van der Waals surface area contributed by atoms with Crippen LogP contribution in [0, 0.1) is 5.92 Å². The van der Waals surface area contributed by atoms with Crippen LogP contribution < -0.4 is 10.1 Å². The summed E-state index contributed by atoms with van der Waals surface area (Å²) in [7, 11) is 1.65. The smallest absolute Gasteiger partial charge is 0.227 e. The van der Waals surface area contributed by atoms with Gasteiger partial charge in [0.2, 0.25) is 5.91 Å². The van der Waals surface area contributed by atoms with Crippen molar-refractivity contribution in [2.75, 3.05) is 12.4 Å². The van der Waals surface area contributed by atoms with E-state index < -0.39 is 0 Å². The number of carbonyl (C=O) groups excluding carboxylic acids is 1. The Labute approximate surface area is 229 Å². The molecule has 198 valence electrons. The first-order valence-corrected chi connectivity index (χ1v) is 13.3. The number of imidazole rings is 1. The zero-order chi connectivity index (χ0) is 27.1. The molecular weight excluding hydrogens is 504 g/mol. The van der Waals surface area contributed by atoms with Gasteiger partial charge in [-0.15, -0.1) is 0 Å². The van der Waals surface area contributed by atoms with Gasteiger partial charge in [0, 0.05) is 29.4 Å². The molecule has 5 aromatic heterocycles. The zero-order valence-corrected chi connectivity index (χ0v) is 21.8. The molecule has 0 radical (unpaired) electrons. The molecule has 1 amide bonds. The molecule has 0 aliphatic heterocycles. The number of aromatic nitrogens is 7. The highest BCUT2D eigenvalue weighted by atomic mass is 16.5. The van der Waals surface area contributed by atoms with Gasteiger partial charge in [0.25, 0.3) is 0 Å². The summed E-state index contributed by atoms with van der Waals surface area (Å²) in [6.07, 6.45) is 11.1. The van der Waals surface area contributed by atoms with E-state index in [1.807, 2.05) is 42.5 Å². The van der Waals surface area contributed by atoms with Crippen molar-refractivity contribution >= 4 is 33.7 Å². The molecule has 1 fully saturated rings. The van der Waals surface area contributed by atoms with Crippen LogP contribution >= 0.6 is 0 Å². The lowest BCUT2D eigenvalue weighted by atomic mass is 10.1. The molecule has 0 bridgehead atoms. The lowest BCUT2D eigenvalue weighted by Crippen LogP contribution is -2.20. The summed E-state index contributed by atoms with van der Waals surface area (Å²) < 4.78 is 5.40. The average Bonchev–Trinajstić information content (AvgIpc) is 3.76. The van der Waals surface area contributed by atoms with Crippen LogP contribution in [-0.2, 0) is 4.79 Å². The second-order valence-electron chi connectivity index (χ2n) is 10.00. The van der Waals surface area contributed by atoms with Crippen molar-refractivity contribution in [2.45, 2.75) is 25.7 Å². The molecule has 7 rings (SSSR count). The SMILES string of the molecule is COc1cccc(-c2cncc3[nH]c(-c4n[nH]c5ccc(-c6cncc(NC(=O)C7CCCC7)c6)nc45)nc23)c1. The van der Waals surface area contributed by atoms with Crippen molar-refractivity contribution in [3.8, 4) is 39.7 Å². The Morgan fingerprint density at radius 3 is 2.67 bits per heavy atom. The number of rotatable bonds is 6. The standard InChI is InChI=1S/C30H26N8O2/c1-40-21-8-4-7-18(12-21)22-15-32-16-25-26(22)36-29(35-25)28-27-24(37-38-28)10-9-23(34-27)19-11-20(14-31-13-19)33-30(39)17-5-2-3-6-17/h4,7-17H,2-3,5-6H2,1H3,(H,33,39)(H,35,36)(H,37,38). The lowest BCUT2D eigenvalue weighted by Gasteiger charge is -2.11. The van der Waals surface area contributed by atoms with E-state index in [0.29, 0.717) is 22.7 Å². The van der Waals surface area contributed by atoms with Crippen molar-refractivity contribution in [2.24, 2.45) is 5.92 Å². The third-order valence-corrected chi connectivity index (χ3v) is 7.43. The van der Waals surface area contributed by atoms with Crippen LogP contribution in [0.25, 0.3) is 56.0 Å². The van der Waals surface area contributed by atoms with Crippen LogP contribution in [0.2, 0.25) is 0 Å². The number of methoxy groups -OCH3 is 1. The number of nitrogens with zero attached hydrogens (tertiary/aromatic N) is 5. The quantitative estimate of drug-likeness (QED) is 0.249. The first-order chi connectivity index (χ1) is 19.7. The number of benzene rings is 1. The van der Waals surface area contributed by atoms with Gasteiger partial charge in [-0.1, -0.05) is 25.0 Å². The van der Waals surface area contributed by atoms with Crippen molar-refractivity contribution < 1.29 is 9.53 Å². The van der Waals surface area contributed by atoms with E-state index in [1.165, 1.54) is 0 Å². The van der Waals surface area contributed by atoms with Gasteiger partial charge in [0.15, 0.2) is 11.5 Å². The topological polar surface area (TPSA) is 134 Å². The summed E-state index contributed by atoms with van der Waals surface area (Å²) in [5.74, 6) is 1.48. The third-order valence-electron chi connectivity index (χ3n) is 7.43. The fourth-order valence-electron chi connectivity index (χ4n) is 5.35. The molecule has 1 aromatic carbocycles. The van der Waals surface area contributed by atoms with Gasteiger partial charge < -0.3 is 15.0 Å². The highest BCUT2D eigenvalue weighted by molar-refractivity contribution is 5.96. The van der Waals surface area contributed by atoms with Crippen molar-refractivity contribution in [3.63, 3.8) is 0 Å². The van der Waals surface area contributed by atoms with Gasteiger partial charge in [0.05, 0.1) is 47.4 Å². The Morgan fingerprint density at radius 2 is 1.80 bits per heavy atom. The first kappa shape index (κ1) is 24.0. The molecule has 0 spiro atoms. The summed E-state index contributed by atoms with van der Waals surface area (Å²) in [5, 5.41) is 10.6. The molecule has 6 aromatic rings. The largest absolute Gasteiger partial charge is 0.497 e. The van der Waals surface area contributed by atoms with Gasteiger partial charge in [-0.05, 0) is 48.7 Å². The number of anilines is 1. The number of pyridine rings is 3. The van der Waals surface area contributed by atoms with E-state index >= 15 is 0 Å². The number of H-pyrrole nitrogens is 2. The monoisotopic (exact) mass is 530 g/mol. The number of nitrogens with one attached hydrogen (secondary N) is 3. The number of ether oxygens (including phenoxy) is 1. The number of fused-ring (bicyclic) bond motifs is 2. The fourth-order valence-corrected chi connectivity index (χ4v) is 5.35. The molecule has 10 heteroatoms. The predicted molar refractivity (Wildman–Crippen MR) is 153 cm³/mol. The van der Waals surface area contributed by atoms with Crippen LogP contribution in [-0.4, -0.2) is 48.1 Å². The third kappa shape index (κ3) is 4.33. The van der Waals surface area contributed by atoms with E-state index in [9.17, 15) is 4.79 Å². The van der Waals surface area contributed by atoms with Gasteiger partial charge in [-0.3, -0.25) is 19.9 Å². The minimum Gasteiger partial charge on any atom is -0.497 e. The van der Waals surface area contributed by atoms with Crippen LogP contribution in [0.3, 0.4) is 0 Å². The van der Waals surface area contributed by atoms with Gasteiger partial charge in [-0.25, -0.2) is 9.97 Å². The summed E-state index contributed by atoms with van der Waals surface area (Å²) in [6, 6.07) is 13.6. The van der Waals surface area contributed by atoms with Crippen LogP contribution in [0.1, 0.15) is 25.7 Å². The molecule has 0 saturated heterocycles. The summed E-state index contributed by atoms with van der Waals surface area (Å²) >= 11 is 0. The number of hydrogen-bond donors (Lipinski definition) is 3. The van der Waals surface area contributed by atoms with E-state index in [-0.39, 0.29) is 11.8 Å². The van der Waals surface area contributed by atoms with Gasteiger partial charge >= 0.3 is 0 Å². The Bertz CT molecular complexity index is 1870. The fraction of sp³-hybridized carbons (Fsp3) is 0.200.